The van der Waals surface area contributed by atoms with Crippen LogP contribution in [0, 0.1) is 34.6 Å². The van der Waals surface area contributed by atoms with Gasteiger partial charge in [0, 0.05) is 102 Å². The largest absolute Gasteiger partial charge is 0.311 e. The van der Waals surface area contributed by atoms with Gasteiger partial charge >= 0.3 is 0 Å². The fourth-order valence-electron chi connectivity index (χ4n) is 17.5. The van der Waals surface area contributed by atoms with Gasteiger partial charge in [-0.05, 0) is 235 Å². The fourth-order valence-corrected chi connectivity index (χ4v) is 17.5. The highest BCUT2D eigenvalue weighted by molar-refractivity contribution is 7.01. The van der Waals surface area contributed by atoms with E-state index < -0.39 is 0 Å². The third kappa shape index (κ3) is 10.0. The predicted molar refractivity (Wildman–Crippen MR) is 448 cm³/mol. The number of nitrogens with zero attached hydrogens (tertiary/aromatic N) is 6. The minimum absolute atomic E-state index is 0.0258. The van der Waals surface area contributed by atoms with Gasteiger partial charge in [-0.2, -0.15) is 0 Å². The maximum Gasteiger partial charge on any atom is 0.252 e. The molecule has 0 aromatic heterocycles. The minimum Gasteiger partial charge on any atom is -0.311 e. The van der Waals surface area contributed by atoms with E-state index in [-0.39, 0.29) is 13.4 Å². The molecule has 20 rings (SSSR count). The third-order valence-electron chi connectivity index (χ3n) is 22.2. The maximum absolute atomic E-state index is 2.56. The summed E-state index contributed by atoms with van der Waals surface area (Å²) in [6.45, 7) is 10.9. The van der Waals surface area contributed by atoms with E-state index in [0.717, 1.165) is 95.8 Å². The van der Waals surface area contributed by atoms with Crippen molar-refractivity contribution in [1.29, 1.82) is 0 Å². The van der Waals surface area contributed by atoms with Crippen LogP contribution >= 0.6 is 0 Å². The van der Waals surface area contributed by atoms with Gasteiger partial charge < -0.3 is 29.4 Å². The number of benzene rings is 16. The van der Waals surface area contributed by atoms with Crippen molar-refractivity contribution in [2.75, 3.05) is 29.4 Å². The number of aryl methyl sites for hydroxylation is 5. The standard InChI is InChI=1S/C97H72B2N6/c1-63-36-44-72(45-37-63)102-88-55-42-66(4)58-84(88)98-82-53-51-77(61-94(82)104(74-48-40-65(3)41-49-74)92-34-18-32-90(102)96(92)98)101(71-25-10-7-11-26-71)87-57-52-78(80-29-14-15-30-81(80)87)69-22-16-27-75(60-69)105-93-35-19-33-91-97(93)99(85-59-67(5)43-56-89(85)103(91)73-46-38-64(2)39-47-73)83-54-50-76(62-95(83)105)100(70-23-8-6-9-24-70)86-31-17-21-68-20-12-13-28-79(68)86/h6-62H,1-5H3. The first-order chi connectivity index (χ1) is 51.6. The van der Waals surface area contributed by atoms with Crippen LogP contribution in [-0.4, -0.2) is 13.4 Å². The van der Waals surface area contributed by atoms with Crippen molar-refractivity contribution >= 4 is 170 Å². The van der Waals surface area contributed by atoms with Gasteiger partial charge in [0.25, 0.3) is 13.4 Å². The molecule has 0 radical (unpaired) electrons. The molecule has 0 N–H and O–H groups in total. The van der Waals surface area contributed by atoms with Crippen LogP contribution in [0.2, 0.25) is 0 Å². The first kappa shape index (κ1) is 61.8. The van der Waals surface area contributed by atoms with Crippen LogP contribution in [0.5, 0.6) is 0 Å². The van der Waals surface area contributed by atoms with Crippen molar-refractivity contribution in [3.8, 4) is 11.1 Å². The topological polar surface area (TPSA) is 19.4 Å². The van der Waals surface area contributed by atoms with Crippen LogP contribution in [0.15, 0.2) is 346 Å². The van der Waals surface area contributed by atoms with Crippen molar-refractivity contribution in [2.24, 2.45) is 0 Å². The Morgan fingerprint density at radius 3 is 1.13 bits per heavy atom. The van der Waals surface area contributed by atoms with E-state index in [9.17, 15) is 0 Å². The van der Waals surface area contributed by atoms with Crippen LogP contribution in [0.3, 0.4) is 0 Å². The lowest BCUT2D eigenvalue weighted by atomic mass is 9.33. The molecule has 0 unspecified atom stereocenters. The molecule has 8 heteroatoms. The molecular formula is C97H72B2N6. The summed E-state index contributed by atoms with van der Waals surface area (Å²) in [5, 5.41) is 4.69. The van der Waals surface area contributed by atoms with Crippen molar-refractivity contribution in [1.82, 2.24) is 0 Å². The summed E-state index contributed by atoms with van der Waals surface area (Å²) >= 11 is 0. The van der Waals surface area contributed by atoms with Gasteiger partial charge in [0.2, 0.25) is 0 Å². The minimum atomic E-state index is -0.0591. The molecule has 0 fully saturated rings. The van der Waals surface area contributed by atoms with Gasteiger partial charge in [0.15, 0.2) is 0 Å². The zero-order valence-corrected chi connectivity index (χ0v) is 59.2. The highest BCUT2D eigenvalue weighted by atomic mass is 15.2. The second kappa shape index (κ2) is 24.6. The quantitative estimate of drug-likeness (QED) is 0.119. The number of para-hydroxylation sites is 2. The summed E-state index contributed by atoms with van der Waals surface area (Å²) in [4.78, 5) is 15.0. The smallest absolute Gasteiger partial charge is 0.252 e. The Morgan fingerprint density at radius 1 is 0.229 bits per heavy atom. The number of hydrogen-bond acceptors (Lipinski definition) is 6. The molecular weight excluding hydrogens is 1270 g/mol. The molecule has 0 spiro atoms. The Hall–Kier alpha value is -13.0. The van der Waals surface area contributed by atoms with Gasteiger partial charge in [0.05, 0.1) is 11.4 Å². The molecule has 0 atom stereocenters. The Labute approximate surface area is 615 Å². The average Bonchev–Trinajstić information content (AvgIpc) is 0.705. The first-order valence-corrected chi connectivity index (χ1v) is 36.6. The molecule has 105 heavy (non-hydrogen) atoms. The van der Waals surface area contributed by atoms with Crippen LogP contribution in [-0.2, 0) is 0 Å². The lowest BCUT2D eigenvalue weighted by Gasteiger charge is -2.44. The van der Waals surface area contributed by atoms with E-state index in [1.165, 1.54) is 99.8 Å². The predicted octanol–water partition coefficient (Wildman–Crippen LogP) is 22.3. The zero-order valence-electron chi connectivity index (χ0n) is 59.2. The fraction of sp³-hybridized carbons (Fsp3) is 0.0515. The van der Waals surface area contributed by atoms with E-state index in [0.29, 0.717) is 0 Å². The zero-order chi connectivity index (χ0) is 70.1. The summed E-state index contributed by atoms with van der Waals surface area (Å²) in [6.07, 6.45) is 0. The number of fused-ring (bicyclic) bond motifs is 10. The molecule has 4 aliphatic heterocycles. The third-order valence-corrected chi connectivity index (χ3v) is 22.2. The Morgan fingerprint density at radius 2 is 0.629 bits per heavy atom. The molecule has 0 bridgehead atoms. The van der Waals surface area contributed by atoms with Gasteiger partial charge in [-0.3, -0.25) is 0 Å². The van der Waals surface area contributed by atoms with E-state index in [1.807, 2.05) is 0 Å². The summed E-state index contributed by atoms with van der Waals surface area (Å²) in [5.41, 5.74) is 36.5. The van der Waals surface area contributed by atoms with E-state index in [4.69, 9.17) is 0 Å². The SMILES string of the molecule is Cc1ccc(N2c3ccc(C)cc3B3c4ccc(N(c5ccccc5)c5cccc6ccccc56)cc4N(c4cccc(-c5ccc(N(c6ccccc6)c6ccc7c(c6)N(c6ccc(C)cc6)c6cccc8c6B7c6cc(C)ccc6N8c6ccc(C)cc6)c6ccccc56)c4)c4cccc2c43)cc1. The van der Waals surface area contributed by atoms with E-state index >= 15 is 0 Å². The van der Waals surface area contributed by atoms with Gasteiger partial charge in [0.1, 0.15) is 0 Å². The normalized spacial score (nSPS) is 12.9. The molecule has 0 saturated carbocycles. The summed E-state index contributed by atoms with van der Waals surface area (Å²) in [5.74, 6) is 0. The van der Waals surface area contributed by atoms with Crippen LogP contribution in [0.25, 0.3) is 32.7 Å². The van der Waals surface area contributed by atoms with Gasteiger partial charge in [-0.15, -0.1) is 0 Å². The van der Waals surface area contributed by atoms with Gasteiger partial charge in [-0.25, -0.2) is 0 Å². The Bertz CT molecular complexity index is 6150. The molecule has 6 nitrogen and oxygen atoms in total. The van der Waals surface area contributed by atoms with Crippen LogP contribution in [0.4, 0.5) is 102 Å². The lowest BCUT2D eigenvalue weighted by Crippen LogP contribution is -2.61. The first-order valence-electron chi connectivity index (χ1n) is 36.6. The molecule has 16 aromatic rings. The van der Waals surface area contributed by atoms with E-state index in [2.05, 4.69) is 410 Å². The monoisotopic (exact) mass is 1340 g/mol. The summed E-state index contributed by atoms with van der Waals surface area (Å²) in [7, 11) is 0. The molecule has 0 saturated heterocycles. The van der Waals surface area contributed by atoms with Crippen LogP contribution in [0.1, 0.15) is 27.8 Å². The van der Waals surface area contributed by atoms with E-state index in [1.54, 1.807) is 0 Å². The summed E-state index contributed by atoms with van der Waals surface area (Å²) in [6, 6.07) is 130. The van der Waals surface area contributed by atoms with Crippen molar-refractivity contribution in [3.63, 3.8) is 0 Å². The van der Waals surface area contributed by atoms with Crippen LogP contribution < -0.4 is 62.2 Å². The van der Waals surface area contributed by atoms with Gasteiger partial charge in [-0.1, -0.05) is 228 Å². The highest BCUT2D eigenvalue weighted by Gasteiger charge is 2.46. The number of anilines is 18. The molecule has 0 amide bonds. The summed E-state index contributed by atoms with van der Waals surface area (Å²) < 4.78 is 0. The second-order valence-corrected chi connectivity index (χ2v) is 28.8. The Kier molecular flexibility index (Phi) is 14.5. The number of rotatable bonds is 11. The van der Waals surface area contributed by atoms with Crippen molar-refractivity contribution in [2.45, 2.75) is 34.6 Å². The van der Waals surface area contributed by atoms with Crippen molar-refractivity contribution < 1.29 is 0 Å². The molecule has 16 aromatic carbocycles. The van der Waals surface area contributed by atoms with Crippen molar-refractivity contribution in [3.05, 3.63) is 374 Å². The second-order valence-electron chi connectivity index (χ2n) is 28.8. The highest BCUT2D eigenvalue weighted by Crippen LogP contribution is 2.51. The molecule has 0 aliphatic carbocycles. The molecule has 4 heterocycles. The number of hydrogen-bond donors (Lipinski definition) is 0. The lowest BCUT2D eigenvalue weighted by molar-refractivity contribution is 1.23. The maximum atomic E-state index is 2.56. The molecule has 4 aliphatic rings. The Balaban J connectivity index is 0.760. The average molecular weight is 1340 g/mol. The molecule has 496 valence electrons.